The molecule has 2 aliphatic heterocycles. The second-order valence-electron chi connectivity index (χ2n) is 7.49. The standard InChI is InChI=1S/C21H19F2N3O2S/c22-15-3-1-4-17(13-15)29(27,28)25-11-8-21(9-12-25)20-5-2-10-26(20)19-7-6-16(23)14-18(19)24-21/h1-7,10,13-14,24H,8-9,11-12H2. The summed E-state index contributed by atoms with van der Waals surface area (Å²) in [4.78, 5) is -0.0409. The van der Waals surface area contributed by atoms with E-state index in [-0.39, 0.29) is 23.8 Å². The predicted octanol–water partition coefficient (Wildman–Crippen LogP) is 3.86. The fraction of sp³-hybridized carbons (Fsp3) is 0.238. The van der Waals surface area contributed by atoms with Crippen LogP contribution >= 0.6 is 0 Å². The van der Waals surface area contributed by atoms with Crippen LogP contribution in [-0.4, -0.2) is 30.4 Å². The van der Waals surface area contributed by atoms with Gasteiger partial charge in [0.2, 0.25) is 10.0 Å². The van der Waals surface area contributed by atoms with Crippen molar-refractivity contribution in [1.82, 2.24) is 8.87 Å². The predicted molar refractivity (Wildman–Crippen MR) is 105 cm³/mol. The minimum Gasteiger partial charge on any atom is -0.372 e. The maximum atomic E-state index is 13.8. The van der Waals surface area contributed by atoms with Crippen LogP contribution in [0.1, 0.15) is 18.5 Å². The minimum atomic E-state index is -3.77. The summed E-state index contributed by atoms with van der Waals surface area (Å²) in [6, 6.07) is 13.6. The normalized spacial score (nSPS) is 18.1. The molecule has 0 amide bonds. The number of anilines is 1. The minimum absolute atomic E-state index is 0.0409. The van der Waals surface area contributed by atoms with Crippen LogP contribution in [0.15, 0.2) is 65.7 Å². The van der Waals surface area contributed by atoms with E-state index in [9.17, 15) is 17.2 Å². The van der Waals surface area contributed by atoms with E-state index in [1.54, 1.807) is 6.07 Å². The molecule has 0 saturated carbocycles. The zero-order valence-electron chi connectivity index (χ0n) is 15.5. The van der Waals surface area contributed by atoms with Crippen molar-refractivity contribution in [3.05, 3.63) is 78.1 Å². The second-order valence-corrected chi connectivity index (χ2v) is 9.43. The van der Waals surface area contributed by atoms with Crippen molar-refractivity contribution < 1.29 is 17.2 Å². The Morgan fingerprint density at radius 3 is 2.45 bits per heavy atom. The Bertz CT molecular complexity index is 1200. The van der Waals surface area contributed by atoms with Gasteiger partial charge in [-0.2, -0.15) is 4.31 Å². The van der Waals surface area contributed by atoms with Gasteiger partial charge in [-0.25, -0.2) is 17.2 Å². The first-order chi connectivity index (χ1) is 13.9. The van der Waals surface area contributed by atoms with Crippen molar-refractivity contribution in [2.75, 3.05) is 18.4 Å². The molecule has 5 rings (SSSR count). The van der Waals surface area contributed by atoms with Crippen molar-refractivity contribution in [2.24, 2.45) is 0 Å². The van der Waals surface area contributed by atoms with E-state index in [2.05, 4.69) is 5.32 Å². The Morgan fingerprint density at radius 1 is 0.931 bits per heavy atom. The van der Waals surface area contributed by atoms with E-state index in [1.165, 1.54) is 34.6 Å². The quantitative estimate of drug-likeness (QED) is 0.692. The monoisotopic (exact) mass is 415 g/mol. The van der Waals surface area contributed by atoms with Crippen LogP contribution in [0.25, 0.3) is 5.69 Å². The first-order valence-corrected chi connectivity index (χ1v) is 10.8. The number of hydrogen-bond acceptors (Lipinski definition) is 3. The van der Waals surface area contributed by atoms with E-state index in [0.29, 0.717) is 18.5 Å². The van der Waals surface area contributed by atoms with Crippen molar-refractivity contribution >= 4 is 15.7 Å². The number of sulfonamides is 1. The fourth-order valence-corrected chi connectivity index (χ4v) is 5.86. The number of hydrogen-bond donors (Lipinski definition) is 1. The van der Waals surface area contributed by atoms with Gasteiger partial charge in [-0.1, -0.05) is 6.07 Å². The Labute approximate surface area is 167 Å². The molecular weight excluding hydrogens is 396 g/mol. The molecule has 150 valence electrons. The Hall–Kier alpha value is -2.71. The summed E-state index contributed by atoms with van der Waals surface area (Å²) in [5.41, 5.74) is 2.10. The third kappa shape index (κ3) is 2.86. The number of fused-ring (bicyclic) bond motifs is 4. The Balaban J connectivity index is 1.46. The largest absolute Gasteiger partial charge is 0.372 e. The van der Waals surface area contributed by atoms with Crippen molar-refractivity contribution in [1.29, 1.82) is 0 Å². The molecule has 0 radical (unpaired) electrons. The highest BCUT2D eigenvalue weighted by Gasteiger charge is 2.43. The SMILES string of the molecule is O=S(=O)(c1cccc(F)c1)N1CCC2(CC1)Nc1cc(F)ccc1-n1cccc12. The molecule has 2 aliphatic rings. The fourth-order valence-electron chi connectivity index (χ4n) is 4.39. The Kier molecular flexibility index (Phi) is 4.04. The smallest absolute Gasteiger partial charge is 0.243 e. The van der Waals surface area contributed by atoms with Crippen LogP contribution in [0, 0.1) is 11.6 Å². The van der Waals surface area contributed by atoms with Crippen LogP contribution in [0.2, 0.25) is 0 Å². The van der Waals surface area contributed by atoms with Crippen LogP contribution < -0.4 is 5.32 Å². The maximum Gasteiger partial charge on any atom is 0.243 e. The highest BCUT2D eigenvalue weighted by Crippen LogP contribution is 2.44. The number of rotatable bonds is 2. The van der Waals surface area contributed by atoms with Crippen LogP contribution in [0.4, 0.5) is 14.5 Å². The number of piperidine rings is 1. The number of nitrogens with one attached hydrogen (secondary N) is 1. The summed E-state index contributed by atoms with van der Waals surface area (Å²) in [6.07, 6.45) is 2.97. The molecule has 5 nitrogen and oxygen atoms in total. The maximum absolute atomic E-state index is 13.8. The molecule has 8 heteroatoms. The summed E-state index contributed by atoms with van der Waals surface area (Å²) >= 11 is 0. The van der Waals surface area contributed by atoms with Crippen LogP contribution in [0.3, 0.4) is 0 Å². The van der Waals surface area contributed by atoms with Gasteiger partial charge in [-0.15, -0.1) is 0 Å². The lowest BCUT2D eigenvalue weighted by atomic mass is 9.83. The van der Waals surface area contributed by atoms with Gasteiger partial charge in [0, 0.05) is 25.0 Å². The highest BCUT2D eigenvalue weighted by molar-refractivity contribution is 7.89. The van der Waals surface area contributed by atoms with E-state index in [0.717, 1.165) is 17.4 Å². The molecule has 29 heavy (non-hydrogen) atoms. The molecule has 0 unspecified atom stereocenters. The molecule has 3 aromatic rings. The van der Waals surface area contributed by atoms with E-state index < -0.39 is 21.4 Å². The lowest BCUT2D eigenvalue weighted by Crippen LogP contribution is -2.51. The molecular formula is C21H19F2N3O2S. The first kappa shape index (κ1) is 18.3. The molecule has 1 saturated heterocycles. The summed E-state index contributed by atoms with van der Waals surface area (Å²) in [5, 5.41) is 3.47. The molecule has 1 fully saturated rings. The second kappa shape index (κ2) is 6.40. The summed E-state index contributed by atoms with van der Waals surface area (Å²) in [5.74, 6) is -0.905. The highest BCUT2D eigenvalue weighted by atomic mass is 32.2. The molecule has 2 aromatic carbocycles. The molecule has 1 N–H and O–H groups in total. The van der Waals surface area contributed by atoms with Gasteiger partial charge >= 0.3 is 0 Å². The molecule has 3 heterocycles. The Morgan fingerprint density at radius 2 is 1.69 bits per heavy atom. The van der Waals surface area contributed by atoms with Gasteiger partial charge in [-0.3, -0.25) is 0 Å². The van der Waals surface area contributed by atoms with Gasteiger partial charge < -0.3 is 9.88 Å². The third-order valence-corrected chi connectivity index (χ3v) is 7.74. The zero-order valence-corrected chi connectivity index (χ0v) is 16.3. The van der Waals surface area contributed by atoms with E-state index in [1.807, 2.05) is 22.9 Å². The van der Waals surface area contributed by atoms with Crippen LogP contribution in [-0.2, 0) is 15.6 Å². The summed E-state index contributed by atoms with van der Waals surface area (Å²) < 4.78 is 56.6. The molecule has 0 bridgehead atoms. The van der Waals surface area contributed by atoms with Crippen molar-refractivity contribution in [3.8, 4) is 5.69 Å². The number of aromatic nitrogens is 1. The van der Waals surface area contributed by atoms with Gasteiger partial charge in [0.25, 0.3) is 0 Å². The zero-order chi connectivity index (χ0) is 20.2. The lowest BCUT2D eigenvalue weighted by molar-refractivity contribution is 0.247. The number of benzene rings is 2. The van der Waals surface area contributed by atoms with E-state index >= 15 is 0 Å². The summed E-state index contributed by atoms with van der Waals surface area (Å²) in [6.45, 7) is 0.559. The van der Waals surface area contributed by atoms with Crippen LogP contribution in [0.5, 0.6) is 0 Å². The average molecular weight is 415 g/mol. The lowest BCUT2D eigenvalue weighted by Gasteiger charge is -2.45. The number of nitrogens with zero attached hydrogens (tertiary/aromatic N) is 2. The van der Waals surface area contributed by atoms with Crippen molar-refractivity contribution in [3.63, 3.8) is 0 Å². The van der Waals surface area contributed by atoms with Gasteiger partial charge in [-0.05, 0) is 61.4 Å². The van der Waals surface area contributed by atoms with Gasteiger partial charge in [0.15, 0.2) is 0 Å². The number of halogens is 2. The van der Waals surface area contributed by atoms with Gasteiger partial charge in [0.1, 0.15) is 11.6 Å². The average Bonchev–Trinajstić information content (AvgIpc) is 3.19. The molecule has 1 spiro atoms. The summed E-state index contributed by atoms with van der Waals surface area (Å²) in [7, 11) is -3.77. The topological polar surface area (TPSA) is 54.3 Å². The first-order valence-electron chi connectivity index (χ1n) is 9.41. The molecule has 0 atom stereocenters. The molecule has 0 aliphatic carbocycles. The third-order valence-electron chi connectivity index (χ3n) is 5.84. The van der Waals surface area contributed by atoms with Gasteiger partial charge in [0.05, 0.1) is 21.8 Å². The van der Waals surface area contributed by atoms with Crippen molar-refractivity contribution in [2.45, 2.75) is 23.3 Å². The van der Waals surface area contributed by atoms with E-state index in [4.69, 9.17) is 0 Å². The molecule has 1 aromatic heterocycles.